The average molecular weight is 560 g/mol. The lowest BCUT2D eigenvalue weighted by Gasteiger charge is -2.12. The van der Waals surface area contributed by atoms with Crippen LogP contribution in [0.1, 0.15) is 13.8 Å². The molecule has 2 aromatic carbocycles. The quantitative estimate of drug-likeness (QED) is 0.299. The number of aromatic nitrogens is 2. The topological polar surface area (TPSA) is 80.9 Å². The number of allylic oxidation sites excluding steroid dienone is 6. The van der Waals surface area contributed by atoms with Gasteiger partial charge in [-0.2, -0.15) is 0 Å². The zero-order valence-corrected chi connectivity index (χ0v) is 23.6. The third kappa shape index (κ3) is 3.47. The third-order valence-electron chi connectivity index (χ3n) is 7.88. The van der Waals surface area contributed by atoms with Gasteiger partial charge in [0.25, 0.3) is 0 Å². The number of fused-ring (bicyclic) bond motifs is 8. The Balaban J connectivity index is 1.64. The lowest BCUT2D eigenvalue weighted by Crippen LogP contribution is -2.37. The third-order valence-corrected chi connectivity index (χ3v) is 7.88. The molecule has 0 radical (unpaired) electrons. The molecule has 0 N–H and O–H groups in total. The van der Waals surface area contributed by atoms with Gasteiger partial charge in [0, 0.05) is 43.8 Å². The van der Waals surface area contributed by atoms with E-state index in [1.807, 2.05) is 86.7 Å². The molecule has 43 heavy (non-hydrogen) atoms. The predicted molar refractivity (Wildman–Crippen MR) is 174 cm³/mol. The van der Waals surface area contributed by atoms with Crippen LogP contribution in [0.3, 0.4) is 0 Å². The number of hydrogen-bond donors (Lipinski definition) is 0. The van der Waals surface area contributed by atoms with Crippen LogP contribution in [-0.4, -0.2) is 32.7 Å². The lowest BCUT2D eigenvalue weighted by molar-refractivity contribution is 0.0320. The van der Waals surface area contributed by atoms with Crippen molar-refractivity contribution in [2.45, 2.75) is 13.8 Å². The summed E-state index contributed by atoms with van der Waals surface area (Å²) in [5.41, 5.74) is 4.90. The van der Waals surface area contributed by atoms with E-state index in [0.29, 0.717) is 34.6 Å². The van der Waals surface area contributed by atoms with Crippen LogP contribution in [0, 0.1) is 0 Å². The first-order chi connectivity index (χ1) is 21.1. The molecule has 4 aliphatic rings. The maximum absolute atomic E-state index is 6.87. The minimum atomic E-state index is 0.522. The Bertz CT molecular complexity index is 2360. The molecule has 0 spiro atoms. The van der Waals surface area contributed by atoms with E-state index in [9.17, 15) is 0 Å². The molecule has 0 saturated heterocycles. The summed E-state index contributed by atoms with van der Waals surface area (Å²) in [4.78, 5) is 32.3. The van der Waals surface area contributed by atoms with E-state index in [1.54, 1.807) is 21.6 Å². The number of hydrogen-bond acceptors (Lipinski definition) is 6. The van der Waals surface area contributed by atoms with Crippen molar-refractivity contribution in [3.05, 3.63) is 131 Å². The van der Waals surface area contributed by atoms with Gasteiger partial charge in [-0.3, -0.25) is 4.94 Å². The van der Waals surface area contributed by atoms with Crippen molar-refractivity contribution in [2.75, 3.05) is 0 Å². The van der Waals surface area contributed by atoms with Gasteiger partial charge in [-0.15, -0.1) is 9.46 Å². The summed E-state index contributed by atoms with van der Waals surface area (Å²) in [7, 11) is 0. The fourth-order valence-electron chi connectivity index (χ4n) is 6.02. The zero-order chi connectivity index (χ0) is 29.2. The minimum absolute atomic E-state index is 0.522. The predicted octanol–water partition coefficient (Wildman–Crippen LogP) is 5.96. The first-order valence-corrected chi connectivity index (χ1v) is 14.0. The van der Waals surface area contributed by atoms with Crippen molar-refractivity contribution >= 4 is 62.5 Å². The van der Waals surface area contributed by atoms with E-state index in [1.165, 1.54) is 0 Å². The lowest BCUT2D eigenvalue weighted by atomic mass is 10.0. The highest BCUT2D eigenvalue weighted by Gasteiger charge is 2.31. The first kappa shape index (κ1) is 24.9. The Kier molecular flexibility index (Phi) is 5.39. The van der Waals surface area contributed by atoms with E-state index in [2.05, 4.69) is 19.2 Å². The van der Waals surface area contributed by atoms with Crippen molar-refractivity contribution in [3.63, 3.8) is 0 Å². The van der Waals surface area contributed by atoms with Crippen molar-refractivity contribution < 1.29 is 4.94 Å². The Morgan fingerprint density at radius 1 is 0.605 bits per heavy atom. The highest BCUT2D eigenvalue weighted by atomic mass is 16.8. The summed E-state index contributed by atoms with van der Waals surface area (Å²) in [6.45, 7) is 11.9. The molecule has 2 aromatic heterocycles. The minimum Gasteiger partial charge on any atom is -0.276 e. The molecule has 0 aliphatic carbocycles. The zero-order valence-electron chi connectivity index (χ0n) is 23.6. The molecule has 206 valence electrons. The highest BCUT2D eigenvalue weighted by Crippen LogP contribution is 2.40. The smallest absolute Gasteiger partial charge is 0.183 e. The molecule has 8 rings (SSSR count). The van der Waals surface area contributed by atoms with Gasteiger partial charge in [-0.05, 0) is 19.9 Å². The van der Waals surface area contributed by atoms with Gasteiger partial charge in [0.1, 0.15) is 0 Å². The molecule has 8 nitrogen and oxygen atoms in total. The van der Waals surface area contributed by atoms with Gasteiger partial charge in [-0.1, -0.05) is 98.1 Å². The average Bonchev–Trinajstić information content (AvgIpc) is 3.71. The number of amidine groups is 3. The number of aliphatic imine (C=N–C) groups is 4. The second-order valence-corrected chi connectivity index (χ2v) is 10.2. The van der Waals surface area contributed by atoms with Crippen LogP contribution in [0.5, 0.6) is 0 Å². The van der Waals surface area contributed by atoms with E-state index in [0.717, 1.165) is 54.9 Å². The van der Waals surface area contributed by atoms with Gasteiger partial charge >= 0.3 is 0 Å². The Labute approximate surface area is 246 Å². The van der Waals surface area contributed by atoms with Crippen LogP contribution in [0.15, 0.2) is 145 Å². The van der Waals surface area contributed by atoms with Crippen LogP contribution in [-0.2, 0) is 0 Å². The second-order valence-electron chi connectivity index (χ2n) is 10.2. The molecule has 0 saturated carbocycles. The number of nitrogens with zero attached hydrogens (tertiary/aromatic N) is 7. The van der Waals surface area contributed by atoms with Crippen LogP contribution < -0.4 is 15.8 Å². The molecule has 0 fully saturated rings. The van der Waals surface area contributed by atoms with Gasteiger partial charge in [0.2, 0.25) is 0 Å². The number of benzene rings is 2. The van der Waals surface area contributed by atoms with Gasteiger partial charge in [0.15, 0.2) is 34.6 Å². The fourth-order valence-corrected chi connectivity index (χ4v) is 6.02. The second kappa shape index (κ2) is 9.32. The monoisotopic (exact) mass is 559 g/mol. The largest absolute Gasteiger partial charge is 0.276 e. The van der Waals surface area contributed by atoms with E-state index >= 15 is 0 Å². The van der Waals surface area contributed by atoms with Gasteiger partial charge < -0.3 is 0 Å². The van der Waals surface area contributed by atoms with E-state index in [4.69, 9.17) is 29.9 Å². The van der Waals surface area contributed by atoms with Crippen molar-refractivity contribution in [3.8, 4) is 0 Å². The molecule has 4 aromatic rings. The molecule has 4 aliphatic heterocycles. The molecule has 6 heterocycles. The molecular weight excluding hydrogens is 534 g/mol. The van der Waals surface area contributed by atoms with Crippen LogP contribution in [0.4, 0.5) is 11.6 Å². The van der Waals surface area contributed by atoms with Gasteiger partial charge in [0.05, 0.1) is 11.1 Å². The Morgan fingerprint density at radius 2 is 1.16 bits per heavy atom. The summed E-state index contributed by atoms with van der Waals surface area (Å²) in [5, 5.41) is 4.38. The Hall–Kier alpha value is -5.89. The summed E-state index contributed by atoms with van der Waals surface area (Å²) < 4.78 is 3.41. The first-order valence-electron chi connectivity index (χ1n) is 14.0. The van der Waals surface area contributed by atoms with Crippen LogP contribution in [0.2, 0.25) is 0 Å². The molecule has 0 amide bonds. The van der Waals surface area contributed by atoms with Crippen molar-refractivity contribution in [1.29, 1.82) is 0 Å². The summed E-state index contributed by atoms with van der Waals surface area (Å²) in [5.74, 6) is 2.78. The molecular formula is C35H25N7O. The standard InChI is InChI=1S/C35H25N7O/c1-5-13-22-20(7-3)30-36-28(22)19-29-23-15-9-10-16-25(23)33-39-31-21(8-4)24(14-6-2)32(37-31)40-35-27-18-12-11-17-26(27)34(38-30)42(35)43-41(29)33/h5-19H,1-2H2,3-4H3/b20-7+,21-8-,22-13+,24-14+,28-19?,29-19-,38-30-,38-34?,39-31?,39-33-,40-32-,40-35?. The molecule has 6 bridgehead atoms. The summed E-state index contributed by atoms with van der Waals surface area (Å²) >= 11 is 0. The van der Waals surface area contributed by atoms with Crippen LogP contribution >= 0.6 is 0 Å². The highest BCUT2D eigenvalue weighted by molar-refractivity contribution is 6.36. The van der Waals surface area contributed by atoms with Gasteiger partial charge in [-0.25, -0.2) is 25.0 Å². The summed E-state index contributed by atoms with van der Waals surface area (Å²) in [6, 6.07) is 16.1. The number of rotatable bonds is 2. The van der Waals surface area contributed by atoms with E-state index in [-0.39, 0.29) is 0 Å². The van der Waals surface area contributed by atoms with Crippen molar-refractivity contribution in [1.82, 2.24) is 9.46 Å². The van der Waals surface area contributed by atoms with Crippen molar-refractivity contribution in [2.24, 2.45) is 25.0 Å². The SMILES string of the molecule is C=C/C=C1\C(=C\C)C2=N\C1=N/c1c3ccccc3c3n1On1/c(c4ccccc4/c1=N/2)=C\C1=NC(=N\3)/C(=C/C)C/1=C\C=C. The maximum Gasteiger partial charge on any atom is 0.183 e. The molecule has 0 unspecified atom stereocenters. The normalized spacial score (nSPS) is 24.4. The summed E-state index contributed by atoms with van der Waals surface area (Å²) in [6.07, 6.45) is 13.5. The van der Waals surface area contributed by atoms with E-state index < -0.39 is 0 Å². The Morgan fingerprint density at radius 3 is 1.81 bits per heavy atom. The fraction of sp³-hybridized carbons (Fsp3) is 0.0571. The van der Waals surface area contributed by atoms with Crippen LogP contribution in [0.25, 0.3) is 27.6 Å². The maximum atomic E-state index is 6.87. The molecule has 0 atom stereocenters. The molecule has 8 heteroatoms.